The second kappa shape index (κ2) is 7.17. The summed E-state index contributed by atoms with van der Waals surface area (Å²) in [7, 11) is -3.81. The Kier molecular flexibility index (Phi) is 4.83. The van der Waals surface area contributed by atoms with Gasteiger partial charge in [0, 0.05) is 10.6 Å². The molecule has 142 valence electrons. The second-order valence-corrected chi connectivity index (χ2v) is 9.10. The minimum absolute atomic E-state index is 0.181. The van der Waals surface area contributed by atoms with E-state index in [9.17, 15) is 13.2 Å². The molecule has 1 aliphatic heterocycles. The maximum Gasteiger partial charge on any atom is 0.244 e. The molecule has 0 saturated carbocycles. The molecule has 0 radical (unpaired) electrons. The highest BCUT2D eigenvalue weighted by Crippen LogP contribution is 2.49. The summed E-state index contributed by atoms with van der Waals surface area (Å²) in [6, 6.07) is 21.1. The van der Waals surface area contributed by atoms with Gasteiger partial charge in [0.05, 0.1) is 10.9 Å². The first-order valence-electron chi connectivity index (χ1n) is 8.84. The van der Waals surface area contributed by atoms with Crippen LogP contribution in [0.3, 0.4) is 0 Å². The lowest BCUT2D eigenvalue weighted by atomic mass is 10.0. The van der Waals surface area contributed by atoms with Crippen molar-refractivity contribution >= 4 is 27.4 Å². The Hall–Kier alpha value is -2.47. The van der Waals surface area contributed by atoms with E-state index in [0.717, 1.165) is 11.1 Å². The molecule has 3 aromatic carbocycles. The van der Waals surface area contributed by atoms with Crippen LogP contribution in [0.15, 0.2) is 83.8 Å². The number of carbonyl (C=O) groups excluding carboxylic acids is 1. The summed E-state index contributed by atoms with van der Waals surface area (Å²) in [5, 5.41) is 0.559. The zero-order valence-electron chi connectivity index (χ0n) is 15.1. The van der Waals surface area contributed by atoms with Gasteiger partial charge in [-0.2, -0.15) is 4.31 Å². The van der Waals surface area contributed by atoms with E-state index in [0.29, 0.717) is 10.6 Å². The Bertz CT molecular complexity index is 1110. The van der Waals surface area contributed by atoms with Crippen molar-refractivity contribution in [2.45, 2.75) is 23.9 Å². The maximum atomic E-state index is 13.3. The third-order valence-corrected chi connectivity index (χ3v) is 7.02. The van der Waals surface area contributed by atoms with Gasteiger partial charge < -0.3 is 0 Å². The molecule has 0 aromatic heterocycles. The van der Waals surface area contributed by atoms with Crippen molar-refractivity contribution < 1.29 is 13.2 Å². The number of hydrogen-bond donors (Lipinski definition) is 0. The Morgan fingerprint density at radius 1 is 0.893 bits per heavy atom. The molecule has 4 rings (SSSR count). The van der Waals surface area contributed by atoms with Gasteiger partial charge in [0.25, 0.3) is 0 Å². The first kappa shape index (κ1) is 18.9. The van der Waals surface area contributed by atoms with Crippen molar-refractivity contribution in [1.29, 1.82) is 0 Å². The molecule has 1 saturated heterocycles. The van der Waals surface area contributed by atoms with Crippen LogP contribution in [0.4, 0.5) is 0 Å². The lowest BCUT2D eigenvalue weighted by Gasteiger charge is -2.07. The molecular weight excluding hydrogens is 394 g/mol. The highest BCUT2D eigenvalue weighted by atomic mass is 35.5. The number of aryl methyl sites for hydroxylation is 1. The smallest absolute Gasteiger partial charge is 0.244 e. The summed E-state index contributed by atoms with van der Waals surface area (Å²) in [5.74, 6) is -0.212. The summed E-state index contributed by atoms with van der Waals surface area (Å²) in [6.45, 7) is 1.89. The molecule has 0 aliphatic carbocycles. The normalized spacial score (nSPS) is 21.3. The quantitative estimate of drug-likeness (QED) is 0.453. The molecule has 6 heteroatoms. The molecule has 1 unspecified atom stereocenters. The van der Waals surface area contributed by atoms with Crippen molar-refractivity contribution in [1.82, 2.24) is 4.31 Å². The summed E-state index contributed by atoms with van der Waals surface area (Å²) in [4.78, 5) is 13.2. The van der Waals surface area contributed by atoms with Crippen LogP contribution >= 0.6 is 11.6 Å². The van der Waals surface area contributed by atoms with Crippen LogP contribution in [-0.2, 0) is 10.0 Å². The molecule has 4 nitrogen and oxygen atoms in total. The number of rotatable bonds is 5. The van der Waals surface area contributed by atoms with Gasteiger partial charge in [0.1, 0.15) is 6.04 Å². The summed E-state index contributed by atoms with van der Waals surface area (Å²) >= 11 is 5.97. The molecular formula is C22H18ClNO3S. The third kappa shape index (κ3) is 3.37. The number of halogens is 1. The molecule has 0 spiro atoms. The molecule has 1 aliphatic rings. The molecule has 0 bridgehead atoms. The van der Waals surface area contributed by atoms with E-state index in [1.54, 1.807) is 72.8 Å². The Morgan fingerprint density at radius 3 is 2.11 bits per heavy atom. The highest BCUT2D eigenvalue weighted by Gasteiger charge is 2.60. The minimum atomic E-state index is -3.81. The Morgan fingerprint density at radius 2 is 1.50 bits per heavy atom. The fraction of sp³-hybridized carbons (Fsp3) is 0.136. The van der Waals surface area contributed by atoms with E-state index >= 15 is 0 Å². The van der Waals surface area contributed by atoms with Gasteiger partial charge in [-0.15, -0.1) is 0 Å². The van der Waals surface area contributed by atoms with Crippen molar-refractivity contribution in [3.63, 3.8) is 0 Å². The summed E-state index contributed by atoms with van der Waals surface area (Å²) in [6.07, 6.45) is 0. The van der Waals surface area contributed by atoms with Gasteiger partial charge in [-0.3, -0.25) is 4.79 Å². The number of carbonyl (C=O) groups is 1. The van der Waals surface area contributed by atoms with Gasteiger partial charge in [0.15, 0.2) is 5.78 Å². The first-order chi connectivity index (χ1) is 13.4. The Balaban J connectivity index is 1.75. The molecule has 1 fully saturated rings. The number of Topliss-reactive ketones (excluding diaryl/α,β-unsaturated/α-hetero) is 1. The van der Waals surface area contributed by atoms with Crippen LogP contribution in [0.2, 0.25) is 5.02 Å². The van der Waals surface area contributed by atoms with E-state index in [4.69, 9.17) is 11.6 Å². The number of benzene rings is 3. The van der Waals surface area contributed by atoms with E-state index in [2.05, 4.69) is 0 Å². The van der Waals surface area contributed by atoms with Gasteiger partial charge in [-0.05, 0) is 36.8 Å². The lowest BCUT2D eigenvalue weighted by molar-refractivity contribution is 0.0981. The number of hydrogen-bond acceptors (Lipinski definition) is 3. The van der Waals surface area contributed by atoms with Crippen LogP contribution < -0.4 is 0 Å². The molecule has 28 heavy (non-hydrogen) atoms. The monoisotopic (exact) mass is 411 g/mol. The minimum Gasteiger partial charge on any atom is -0.292 e. The SMILES string of the molecule is Cc1ccc(S(=O)(=O)N2[C@H](c3ccc(Cl)cc3)[C@@H]2C(=O)c2ccccc2)cc1. The fourth-order valence-corrected chi connectivity index (χ4v) is 5.20. The number of nitrogens with zero attached hydrogens (tertiary/aromatic N) is 1. The topological polar surface area (TPSA) is 54.2 Å². The van der Waals surface area contributed by atoms with E-state index in [1.807, 2.05) is 13.0 Å². The van der Waals surface area contributed by atoms with Crippen LogP contribution in [0, 0.1) is 6.92 Å². The van der Waals surface area contributed by atoms with Gasteiger partial charge in [0.2, 0.25) is 10.0 Å². The number of sulfonamides is 1. The van der Waals surface area contributed by atoms with Gasteiger partial charge in [-0.25, -0.2) is 8.42 Å². The third-order valence-electron chi connectivity index (χ3n) is 4.89. The van der Waals surface area contributed by atoms with Crippen LogP contribution in [-0.4, -0.2) is 24.5 Å². The van der Waals surface area contributed by atoms with Crippen LogP contribution in [0.25, 0.3) is 0 Å². The molecule has 0 amide bonds. The fourth-order valence-electron chi connectivity index (χ4n) is 3.36. The highest BCUT2D eigenvalue weighted by molar-refractivity contribution is 7.89. The summed E-state index contributed by atoms with van der Waals surface area (Å²) < 4.78 is 27.8. The largest absolute Gasteiger partial charge is 0.292 e. The second-order valence-electron chi connectivity index (χ2n) is 6.82. The van der Waals surface area contributed by atoms with Gasteiger partial charge >= 0.3 is 0 Å². The maximum absolute atomic E-state index is 13.3. The predicted molar refractivity (Wildman–Crippen MR) is 109 cm³/mol. The number of ketones is 1. The first-order valence-corrected chi connectivity index (χ1v) is 10.7. The molecule has 0 N–H and O–H groups in total. The summed E-state index contributed by atoms with van der Waals surface area (Å²) in [5.41, 5.74) is 2.21. The van der Waals surface area contributed by atoms with Crippen molar-refractivity contribution in [2.24, 2.45) is 0 Å². The zero-order valence-corrected chi connectivity index (χ0v) is 16.7. The van der Waals surface area contributed by atoms with E-state index in [1.165, 1.54) is 4.31 Å². The predicted octanol–water partition coefficient (Wildman–Crippen LogP) is 4.65. The Labute approximate surface area is 169 Å². The van der Waals surface area contributed by atoms with Gasteiger partial charge in [-0.1, -0.05) is 71.8 Å². The average Bonchev–Trinajstić information content (AvgIpc) is 3.45. The van der Waals surface area contributed by atoms with E-state index in [-0.39, 0.29) is 10.7 Å². The molecule has 1 heterocycles. The average molecular weight is 412 g/mol. The zero-order chi connectivity index (χ0) is 19.9. The molecule has 3 atom stereocenters. The molecule has 3 aromatic rings. The van der Waals surface area contributed by atoms with Crippen molar-refractivity contribution in [3.05, 3.63) is 101 Å². The van der Waals surface area contributed by atoms with Crippen LogP contribution in [0.1, 0.15) is 27.5 Å². The van der Waals surface area contributed by atoms with Crippen molar-refractivity contribution in [3.8, 4) is 0 Å². The lowest BCUT2D eigenvalue weighted by Crippen LogP contribution is -2.19. The van der Waals surface area contributed by atoms with Crippen molar-refractivity contribution in [2.75, 3.05) is 0 Å². The van der Waals surface area contributed by atoms with E-state index < -0.39 is 22.1 Å². The standard InChI is InChI=1S/C22H18ClNO3S/c1-15-7-13-19(14-8-15)28(26,27)24-20(16-9-11-18(23)12-10-16)21(24)22(25)17-5-3-2-4-6-17/h2-14,20-21H,1H3/t20-,21-,24?/m1/s1. The van der Waals surface area contributed by atoms with Crippen LogP contribution in [0.5, 0.6) is 0 Å².